The van der Waals surface area contributed by atoms with Crippen LogP contribution in [0.2, 0.25) is 0 Å². The van der Waals surface area contributed by atoms with Crippen LogP contribution in [-0.4, -0.2) is 9.55 Å². The fraction of sp³-hybridized carbons (Fsp3) is 0.286. The van der Waals surface area contributed by atoms with E-state index in [-0.39, 0.29) is 5.56 Å². The van der Waals surface area contributed by atoms with E-state index >= 15 is 0 Å². The second kappa shape index (κ2) is 4.29. The molecule has 1 N–H and O–H groups in total. The molecule has 0 aliphatic heterocycles. The summed E-state index contributed by atoms with van der Waals surface area (Å²) < 4.78 is 1.18. The van der Waals surface area contributed by atoms with E-state index in [0.29, 0.717) is 11.4 Å². The quantitative estimate of drug-likeness (QED) is 0.831. The van der Waals surface area contributed by atoms with Crippen molar-refractivity contribution in [2.24, 2.45) is 0 Å². The number of nitrogens with zero attached hydrogens (tertiary/aromatic N) is 1. The fourth-order valence-electron chi connectivity index (χ4n) is 2.02. The van der Waals surface area contributed by atoms with Crippen molar-refractivity contribution in [2.45, 2.75) is 27.7 Å². The van der Waals surface area contributed by atoms with E-state index in [1.807, 2.05) is 32.9 Å². The van der Waals surface area contributed by atoms with Gasteiger partial charge in [0.1, 0.15) is 0 Å². The molecule has 2 rings (SSSR count). The molecule has 0 saturated heterocycles. The predicted molar refractivity (Wildman–Crippen MR) is 71.6 cm³/mol. The van der Waals surface area contributed by atoms with Crippen molar-refractivity contribution in [1.29, 1.82) is 0 Å². The minimum absolute atomic E-state index is 0.303. The lowest BCUT2D eigenvalue weighted by Gasteiger charge is -2.11. The maximum atomic E-state index is 12.0. The number of rotatable bonds is 1. The number of aromatic amines is 1. The number of H-pyrrole nitrogens is 1. The molecule has 4 heteroatoms. The summed E-state index contributed by atoms with van der Waals surface area (Å²) in [4.78, 5) is 26.5. The Hall–Kier alpha value is -2.10. The summed E-state index contributed by atoms with van der Waals surface area (Å²) in [5, 5.41) is 0. The molecule has 4 nitrogen and oxygen atoms in total. The number of hydrogen-bond donors (Lipinski definition) is 1. The third-order valence-corrected chi connectivity index (χ3v) is 3.12. The van der Waals surface area contributed by atoms with Gasteiger partial charge in [0.25, 0.3) is 5.56 Å². The van der Waals surface area contributed by atoms with Crippen LogP contribution in [0.15, 0.2) is 27.8 Å². The number of hydrogen-bond acceptors (Lipinski definition) is 2. The summed E-state index contributed by atoms with van der Waals surface area (Å²) >= 11 is 0. The number of aromatic nitrogens is 2. The van der Waals surface area contributed by atoms with Crippen molar-refractivity contribution in [1.82, 2.24) is 9.55 Å². The van der Waals surface area contributed by atoms with Gasteiger partial charge >= 0.3 is 5.69 Å². The molecule has 0 fully saturated rings. The summed E-state index contributed by atoms with van der Waals surface area (Å²) in [6, 6.07) is 5.28. The van der Waals surface area contributed by atoms with Gasteiger partial charge in [-0.15, -0.1) is 0 Å². The Kier molecular flexibility index (Phi) is 2.95. The first-order valence-electron chi connectivity index (χ1n) is 5.81. The molecule has 0 aliphatic carbocycles. The molecule has 0 amide bonds. The Balaban J connectivity index is 2.82. The Bertz CT molecular complexity index is 692. The SMILES string of the molecule is Cc1cc(=O)n(-c2cc(C)c(C)cc2C)c(=O)[nH]1. The molecule has 0 atom stereocenters. The average Bonchev–Trinajstić information content (AvgIpc) is 2.24. The molecule has 0 saturated carbocycles. The van der Waals surface area contributed by atoms with Crippen LogP contribution in [0.25, 0.3) is 5.69 Å². The second-order valence-electron chi connectivity index (χ2n) is 4.65. The summed E-state index contributed by atoms with van der Waals surface area (Å²) in [6.07, 6.45) is 0. The lowest BCUT2D eigenvalue weighted by Crippen LogP contribution is -2.34. The molecule has 1 heterocycles. The van der Waals surface area contributed by atoms with E-state index in [1.54, 1.807) is 6.92 Å². The monoisotopic (exact) mass is 244 g/mol. The van der Waals surface area contributed by atoms with Crippen molar-refractivity contribution in [3.05, 3.63) is 61.4 Å². The normalized spacial score (nSPS) is 10.7. The number of benzene rings is 1. The highest BCUT2D eigenvalue weighted by Crippen LogP contribution is 2.16. The van der Waals surface area contributed by atoms with Crippen LogP contribution in [0.4, 0.5) is 0 Å². The lowest BCUT2D eigenvalue weighted by molar-refractivity contribution is 0.850. The third kappa shape index (κ3) is 2.01. The van der Waals surface area contributed by atoms with Crippen LogP contribution in [-0.2, 0) is 0 Å². The fourth-order valence-corrected chi connectivity index (χ4v) is 2.02. The maximum Gasteiger partial charge on any atom is 0.333 e. The molecular formula is C14H16N2O2. The number of aryl methyl sites for hydroxylation is 4. The van der Waals surface area contributed by atoms with Crippen molar-refractivity contribution in [3.8, 4) is 5.69 Å². The van der Waals surface area contributed by atoms with Gasteiger partial charge in [-0.3, -0.25) is 4.79 Å². The van der Waals surface area contributed by atoms with E-state index in [2.05, 4.69) is 4.98 Å². The van der Waals surface area contributed by atoms with Crippen LogP contribution in [0, 0.1) is 27.7 Å². The van der Waals surface area contributed by atoms with Gasteiger partial charge in [0.2, 0.25) is 0 Å². The minimum Gasteiger partial charge on any atom is -0.311 e. The highest BCUT2D eigenvalue weighted by molar-refractivity contribution is 5.46. The van der Waals surface area contributed by atoms with Gasteiger partial charge in [-0.05, 0) is 50.5 Å². The van der Waals surface area contributed by atoms with Gasteiger partial charge in [-0.2, -0.15) is 0 Å². The molecule has 0 aliphatic rings. The van der Waals surface area contributed by atoms with E-state index < -0.39 is 5.69 Å². The molecule has 1 aromatic heterocycles. The molecule has 0 spiro atoms. The Morgan fingerprint density at radius 1 is 0.889 bits per heavy atom. The van der Waals surface area contributed by atoms with Crippen LogP contribution in [0.1, 0.15) is 22.4 Å². The van der Waals surface area contributed by atoms with Crippen molar-refractivity contribution < 1.29 is 0 Å². The highest BCUT2D eigenvalue weighted by atomic mass is 16.2. The molecule has 2 aromatic rings. The average molecular weight is 244 g/mol. The first-order chi connectivity index (χ1) is 8.40. The molecule has 0 unspecified atom stereocenters. The predicted octanol–water partition coefficient (Wildman–Crippen LogP) is 1.76. The summed E-state index contributed by atoms with van der Waals surface area (Å²) in [7, 11) is 0. The van der Waals surface area contributed by atoms with Crippen molar-refractivity contribution >= 4 is 0 Å². The van der Waals surface area contributed by atoms with Gasteiger partial charge in [-0.25, -0.2) is 9.36 Å². The zero-order valence-electron chi connectivity index (χ0n) is 11.0. The molecule has 18 heavy (non-hydrogen) atoms. The minimum atomic E-state index is -0.397. The van der Waals surface area contributed by atoms with Gasteiger partial charge in [0.15, 0.2) is 0 Å². The molecule has 1 aromatic carbocycles. The first-order valence-corrected chi connectivity index (χ1v) is 5.81. The summed E-state index contributed by atoms with van der Waals surface area (Å²) in [5.41, 5.74) is 3.63. The van der Waals surface area contributed by atoms with Crippen LogP contribution >= 0.6 is 0 Å². The Labute approximate surface area is 105 Å². The second-order valence-corrected chi connectivity index (χ2v) is 4.65. The third-order valence-electron chi connectivity index (χ3n) is 3.12. The largest absolute Gasteiger partial charge is 0.333 e. The van der Waals surface area contributed by atoms with Gasteiger partial charge < -0.3 is 4.98 Å². The highest BCUT2D eigenvalue weighted by Gasteiger charge is 2.09. The summed E-state index contributed by atoms with van der Waals surface area (Å²) in [6.45, 7) is 7.56. The van der Waals surface area contributed by atoms with Gasteiger partial charge in [0.05, 0.1) is 5.69 Å². The van der Waals surface area contributed by atoms with E-state index in [4.69, 9.17) is 0 Å². The van der Waals surface area contributed by atoms with Crippen LogP contribution < -0.4 is 11.2 Å². The smallest absolute Gasteiger partial charge is 0.311 e. The maximum absolute atomic E-state index is 12.0. The lowest BCUT2D eigenvalue weighted by atomic mass is 10.0. The number of nitrogens with one attached hydrogen (secondary N) is 1. The zero-order valence-corrected chi connectivity index (χ0v) is 11.0. The van der Waals surface area contributed by atoms with E-state index in [9.17, 15) is 9.59 Å². The molecule has 0 radical (unpaired) electrons. The van der Waals surface area contributed by atoms with Crippen LogP contribution in [0.5, 0.6) is 0 Å². The molecule has 94 valence electrons. The first kappa shape index (κ1) is 12.4. The van der Waals surface area contributed by atoms with E-state index in [1.165, 1.54) is 10.6 Å². The van der Waals surface area contributed by atoms with Crippen molar-refractivity contribution in [2.75, 3.05) is 0 Å². The molecule has 0 bridgehead atoms. The topological polar surface area (TPSA) is 54.9 Å². The summed E-state index contributed by atoms with van der Waals surface area (Å²) in [5.74, 6) is 0. The van der Waals surface area contributed by atoms with Gasteiger partial charge in [0, 0.05) is 11.8 Å². The Morgan fingerprint density at radius 3 is 2.11 bits per heavy atom. The van der Waals surface area contributed by atoms with Crippen LogP contribution in [0.3, 0.4) is 0 Å². The molecular weight excluding hydrogens is 228 g/mol. The zero-order chi connectivity index (χ0) is 13.4. The van der Waals surface area contributed by atoms with E-state index in [0.717, 1.165) is 16.7 Å². The van der Waals surface area contributed by atoms with Gasteiger partial charge in [-0.1, -0.05) is 6.07 Å². The standard InChI is InChI=1S/C14H16N2O2/c1-8-5-10(3)12(6-9(8)2)16-13(17)7-11(4)15-14(16)18/h5-7H,1-4H3,(H,15,18). The Morgan fingerprint density at radius 2 is 1.50 bits per heavy atom. The van der Waals surface area contributed by atoms with Crippen molar-refractivity contribution in [3.63, 3.8) is 0 Å².